The summed E-state index contributed by atoms with van der Waals surface area (Å²) in [5.41, 5.74) is 1.66. The summed E-state index contributed by atoms with van der Waals surface area (Å²) in [5.74, 6) is -0.286. The molecule has 3 rings (SSSR count). The highest BCUT2D eigenvalue weighted by atomic mass is 32.2. The molecule has 0 aliphatic carbocycles. The lowest BCUT2D eigenvalue weighted by Gasteiger charge is -2.26. The van der Waals surface area contributed by atoms with Crippen LogP contribution in [0.4, 0.5) is 5.69 Å². The second-order valence-electron chi connectivity index (χ2n) is 6.72. The molecule has 0 saturated carbocycles. The average molecular weight is 364 g/mol. The van der Waals surface area contributed by atoms with Gasteiger partial charge in [0.05, 0.1) is 10.6 Å². The van der Waals surface area contributed by atoms with E-state index >= 15 is 0 Å². The van der Waals surface area contributed by atoms with E-state index in [1.54, 1.807) is 28.0 Å². The van der Waals surface area contributed by atoms with Crippen molar-refractivity contribution in [2.24, 2.45) is 0 Å². The average Bonchev–Trinajstić information content (AvgIpc) is 3.04. The van der Waals surface area contributed by atoms with E-state index in [-0.39, 0.29) is 28.9 Å². The van der Waals surface area contributed by atoms with Crippen LogP contribution in [0.3, 0.4) is 0 Å². The smallest absolute Gasteiger partial charge is 0.223 e. The van der Waals surface area contributed by atoms with Crippen molar-refractivity contribution in [3.8, 4) is 0 Å². The minimum absolute atomic E-state index is 0.0268. The Kier molecular flexibility index (Phi) is 5.13. The van der Waals surface area contributed by atoms with E-state index in [0.29, 0.717) is 13.0 Å². The van der Waals surface area contributed by atoms with E-state index < -0.39 is 9.84 Å². The highest BCUT2D eigenvalue weighted by Gasteiger charge is 2.26. The van der Waals surface area contributed by atoms with Gasteiger partial charge < -0.3 is 9.80 Å². The minimum Gasteiger partial charge on any atom is -0.343 e. The molecule has 2 aliphatic rings. The first-order valence-corrected chi connectivity index (χ1v) is 10.5. The molecular formula is C18H24N2O4S. The van der Waals surface area contributed by atoms with Crippen molar-refractivity contribution in [2.75, 3.05) is 30.3 Å². The van der Waals surface area contributed by atoms with Gasteiger partial charge in [0.1, 0.15) is 0 Å². The molecule has 0 N–H and O–H groups in total. The van der Waals surface area contributed by atoms with E-state index in [1.807, 2.05) is 0 Å². The lowest BCUT2D eigenvalue weighted by molar-refractivity contribution is -0.131. The summed E-state index contributed by atoms with van der Waals surface area (Å²) in [6.45, 7) is 3.56. The number of likely N-dealkylation sites (tertiary alicyclic amines) is 1. The Hall–Kier alpha value is -1.89. The first-order valence-electron chi connectivity index (χ1n) is 8.80. The largest absolute Gasteiger partial charge is 0.343 e. The highest BCUT2D eigenvalue weighted by Crippen LogP contribution is 2.30. The number of piperidine rings is 1. The van der Waals surface area contributed by atoms with Crippen molar-refractivity contribution in [1.29, 1.82) is 0 Å². The molecule has 7 heteroatoms. The predicted octanol–water partition coefficient (Wildman–Crippen LogP) is 1.77. The Labute approximate surface area is 148 Å². The topological polar surface area (TPSA) is 74.8 Å². The van der Waals surface area contributed by atoms with Gasteiger partial charge in [-0.15, -0.1) is 0 Å². The number of carbonyl (C=O) groups excluding carboxylic acids is 2. The zero-order valence-corrected chi connectivity index (χ0v) is 15.3. The molecule has 25 heavy (non-hydrogen) atoms. The lowest BCUT2D eigenvalue weighted by atomic mass is 10.1. The monoisotopic (exact) mass is 364 g/mol. The molecule has 1 fully saturated rings. The second-order valence-corrected chi connectivity index (χ2v) is 8.83. The molecule has 136 valence electrons. The van der Waals surface area contributed by atoms with Crippen molar-refractivity contribution in [3.05, 3.63) is 23.8 Å². The van der Waals surface area contributed by atoms with Gasteiger partial charge >= 0.3 is 0 Å². The van der Waals surface area contributed by atoms with Crippen LogP contribution in [0.25, 0.3) is 0 Å². The number of hydrogen-bond donors (Lipinski definition) is 0. The molecule has 6 nitrogen and oxygen atoms in total. The Morgan fingerprint density at radius 1 is 1.08 bits per heavy atom. The molecule has 0 spiro atoms. The van der Waals surface area contributed by atoms with Crippen LogP contribution < -0.4 is 4.90 Å². The number of anilines is 1. The van der Waals surface area contributed by atoms with Gasteiger partial charge in [0.2, 0.25) is 11.8 Å². The molecule has 1 aromatic rings. The molecule has 2 heterocycles. The Bertz CT molecular complexity index is 782. The maximum absolute atomic E-state index is 12.6. The van der Waals surface area contributed by atoms with E-state index in [9.17, 15) is 18.0 Å². The molecule has 0 unspecified atom stereocenters. The Morgan fingerprint density at radius 2 is 1.80 bits per heavy atom. The van der Waals surface area contributed by atoms with Crippen LogP contribution in [0.2, 0.25) is 0 Å². The van der Waals surface area contributed by atoms with E-state index in [1.165, 1.54) is 6.92 Å². The van der Waals surface area contributed by atoms with E-state index in [4.69, 9.17) is 0 Å². The minimum atomic E-state index is -3.50. The van der Waals surface area contributed by atoms with Crippen LogP contribution in [0.15, 0.2) is 23.1 Å². The van der Waals surface area contributed by atoms with Gasteiger partial charge in [-0.3, -0.25) is 9.59 Å². The number of amides is 2. The number of carbonyl (C=O) groups is 2. The van der Waals surface area contributed by atoms with Crippen molar-refractivity contribution >= 4 is 27.3 Å². The van der Waals surface area contributed by atoms with Gasteiger partial charge in [-0.2, -0.15) is 0 Å². The summed E-state index contributed by atoms with van der Waals surface area (Å²) in [6, 6.07) is 4.89. The van der Waals surface area contributed by atoms with Crippen LogP contribution in [-0.2, 0) is 25.8 Å². The van der Waals surface area contributed by atoms with Gasteiger partial charge in [0.25, 0.3) is 0 Å². The third kappa shape index (κ3) is 3.86. The summed E-state index contributed by atoms with van der Waals surface area (Å²) < 4.78 is 25.2. The van der Waals surface area contributed by atoms with Gasteiger partial charge in [-0.25, -0.2) is 8.42 Å². The molecule has 0 bridgehead atoms. The Morgan fingerprint density at radius 3 is 2.48 bits per heavy atom. The first kappa shape index (κ1) is 17.9. The van der Waals surface area contributed by atoms with Crippen LogP contribution in [0.1, 0.15) is 38.2 Å². The van der Waals surface area contributed by atoms with Gasteiger partial charge in [0, 0.05) is 38.7 Å². The van der Waals surface area contributed by atoms with Crippen LogP contribution in [-0.4, -0.2) is 50.5 Å². The molecule has 0 atom stereocenters. The van der Waals surface area contributed by atoms with Crippen molar-refractivity contribution in [3.63, 3.8) is 0 Å². The zero-order valence-electron chi connectivity index (χ0n) is 14.5. The normalized spacial score (nSPS) is 17.5. The second kappa shape index (κ2) is 7.15. The van der Waals surface area contributed by atoms with Gasteiger partial charge in [0.15, 0.2) is 9.84 Å². The number of sulfone groups is 1. The summed E-state index contributed by atoms with van der Waals surface area (Å²) >= 11 is 0. The van der Waals surface area contributed by atoms with Crippen molar-refractivity contribution in [1.82, 2.24) is 4.90 Å². The first-order chi connectivity index (χ1) is 11.9. The fraction of sp³-hybridized carbons (Fsp3) is 0.556. The fourth-order valence-electron chi connectivity index (χ4n) is 3.54. The lowest BCUT2D eigenvalue weighted by Crippen LogP contribution is -2.36. The van der Waals surface area contributed by atoms with Crippen LogP contribution in [0, 0.1) is 0 Å². The number of hydrogen-bond acceptors (Lipinski definition) is 4. The quantitative estimate of drug-likeness (QED) is 0.816. The van der Waals surface area contributed by atoms with Crippen molar-refractivity contribution < 1.29 is 18.0 Å². The highest BCUT2D eigenvalue weighted by molar-refractivity contribution is 7.91. The summed E-state index contributed by atoms with van der Waals surface area (Å²) in [6.07, 6.45) is 3.81. The Balaban J connectivity index is 1.68. The van der Waals surface area contributed by atoms with E-state index in [2.05, 4.69) is 0 Å². The molecule has 1 aromatic carbocycles. The zero-order chi connectivity index (χ0) is 18.0. The standard InChI is InChI=1S/C18H24N2O4S/c1-14(21)20-11-7-15-13-16(5-6-17(15)20)25(23,24)12-8-18(22)19-9-3-2-4-10-19/h5-6,13H,2-4,7-12H2,1H3. The molecule has 0 radical (unpaired) electrons. The van der Waals surface area contributed by atoms with Gasteiger partial charge in [-0.1, -0.05) is 0 Å². The summed E-state index contributed by atoms with van der Waals surface area (Å²) in [7, 11) is -3.50. The van der Waals surface area contributed by atoms with Gasteiger partial charge in [-0.05, 0) is 49.4 Å². The summed E-state index contributed by atoms with van der Waals surface area (Å²) in [4.78, 5) is 27.5. The van der Waals surface area contributed by atoms with Crippen molar-refractivity contribution in [2.45, 2.75) is 43.9 Å². The third-order valence-corrected chi connectivity index (χ3v) is 6.69. The fourth-order valence-corrected chi connectivity index (χ4v) is 4.82. The number of rotatable bonds is 4. The van der Waals surface area contributed by atoms with Crippen LogP contribution in [0.5, 0.6) is 0 Å². The number of nitrogens with zero attached hydrogens (tertiary/aromatic N) is 2. The molecule has 2 aliphatic heterocycles. The number of fused-ring (bicyclic) bond motifs is 1. The predicted molar refractivity (Wildman–Crippen MR) is 95.3 cm³/mol. The molecule has 1 saturated heterocycles. The van der Waals surface area contributed by atoms with Crippen LogP contribution >= 0.6 is 0 Å². The summed E-state index contributed by atoms with van der Waals surface area (Å²) in [5, 5.41) is 0. The molecule has 2 amide bonds. The molecular weight excluding hydrogens is 340 g/mol. The SMILES string of the molecule is CC(=O)N1CCc2cc(S(=O)(=O)CCC(=O)N3CCCCC3)ccc21. The maximum Gasteiger partial charge on any atom is 0.223 e. The molecule has 0 aromatic heterocycles. The third-order valence-electron chi connectivity index (χ3n) is 4.98. The van der Waals surface area contributed by atoms with E-state index in [0.717, 1.165) is 43.6 Å². The maximum atomic E-state index is 12.6. The number of benzene rings is 1.